The highest BCUT2D eigenvalue weighted by Gasteiger charge is 2.29. The summed E-state index contributed by atoms with van der Waals surface area (Å²) in [6, 6.07) is 14.4. The lowest BCUT2D eigenvalue weighted by Crippen LogP contribution is -2.26. The van der Waals surface area contributed by atoms with Crippen LogP contribution >= 0.6 is 34.7 Å². The Balaban J connectivity index is 1.68. The lowest BCUT2D eigenvalue weighted by molar-refractivity contribution is 0.432. The van der Waals surface area contributed by atoms with Crippen molar-refractivity contribution in [1.82, 2.24) is 10.1 Å². The highest BCUT2D eigenvalue weighted by atomic mass is 35.5. The van der Waals surface area contributed by atoms with E-state index in [9.17, 15) is 8.42 Å². The number of anilines is 1. The average Bonchev–Trinajstić information content (AvgIpc) is 3.45. The summed E-state index contributed by atoms with van der Waals surface area (Å²) in [4.78, 5) is 6.05. The van der Waals surface area contributed by atoms with Gasteiger partial charge in [0.25, 0.3) is 15.9 Å². The Kier molecular flexibility index (Phi) is 6.11. The molecule has 0 unspecified atom stereocenters. The molecule has 0 aliphatic heterocycles. The van der Waals surface area contributed by atoms with E-state index in [4.69, 9.17) is 16.1 Å². The van der Waals surface area contributed by atoms with Gasteiger partial charge in [0.1, 0.15) is 9.77 Å². The maximum atomic E-state index is 13.3. The van der Waals surface area contributed by atoms with E-state index in [1.165, 1.54) is 22.7 Å². The van der Waals surface area contributed by atoms with Crippen molar-refractivity contribution in [1.29, 1.82) is 0 Å². The second-order valence-corrected chi connectivity index (χ2v) is 10.8. The van der Waals surface area contributed by atoms with Gasteiger partial charge in [0.05, 0.1) is 5.69 Å². The standard InChI is InChI=1S/C21H18ClN3O3S3/c1-13-4-7-15(12-17(13)22)25(2)31(26,27)18-10-11-30-19(18)21-23-20(24-28-21)14-5-8-16(29-3)9-6-14/h4-12H,1-3H3. The van der Waals surface area contributed by atoms with Crippen molar-refractivity contribution < 1.29 is 12.9 Å². The Morgan fingerprint density at radius 2 is 1.87 bits per heavy atom. The molecule has 0 saturated heterocycles. The zero-order valence-electron chi connectivity index (χ0n) is 16.9. The molecule has 6 nitrogen and oxygen atoms in total. The van der Waals surface area contributed by atoms with E-state index >= 15 is 0 Å². The van der Waals surface area contributed by atoms with Crippen LogP contribution in [-0.2, 0) is 10.0 Å². The molecule has 10 heteroatoms. The molecule has 2 heterocycles. The number of halogens is 1. The third-order valence-corrected chi connectivity index (χ3v) is 8.77. The van der Waals surface area contributed by atoms with Crippen LogP contribution < -0.4 is 4.31 Å². The molecule has 0 saturated carbocycles. The van der Waals surface area contributed by atoms with Crippen LogP contribution in [0.3, 0.4) is 0 Å². The molecule has 31 heavy (non-hydrogen) atoms. The maximum Gasteiger partial charge on any atom is 0.269 e. The van der Waals surface area contributed by atoms with Gasteiger partial charge in [-0.3, -0.25) is 4.31 Å². The first-order chi connectivity index (χ1) is 14.8. The van der Waals surface area contributed by atoms with E-state index in [0.717, 1.165) is 16.0 Å². The van der Waals surface area contributed by atoms with Gasteiger partial charge in [0, 0.05) is 22.5 Å². The summed E-state index contributed by atoms with van der Waals surface area (Å²) in [5.41, 5.74) is 2.13. The quantitative estimate of drug-likeness (QED) is 0.309. The molecule has 0 spiro atoms. The van der Waals surface area contributed by atoms with Crippen LogP contribution in [0.15, 0.2) is 68.2 Å². The monoisotopic (exact) mass is 491 g/mol. The Hall–Kier alpha value is -2.33. The summed E-state index contributed by atoms with van der Waals surface area (Å²) in [5, 5.41) is 6.22. The predicted molar refractivity (Wildman–Crippen MR) is 127 cm³/mol. The van der Waals surface area contributed by atoms with Gasteiger partial charge in [0.15, 0.2) is 0 Å². The first-order valence-corrected chi connectivity index (χ1v) is 13.0. The van der Waals surface area contributed by atoms with E-state index < -0.39 is 10.0 Å². The Bertz CT molecular complexity index is 1330. The molecule has 2 aromatic carbocycles. The summed E-state index contributed by atoms with van der Waals surface area (Å²) in [6.07, 6.45) is 2.00. The first kappa shape index (κ1) is 21.9. The molecule has 0 atom stereocenters. The molecule has 0 aliphatic carbocycles. The molecule has 4 rings (SSSR count). The van der Waals surface area contributed by atoms with Crippen molar-refractivity contribution >= 4 is 50.4 Å². The Morgan fingerprint density at radius 1 is 1.13 bits per heavy atom. The summed E-state index contributed by atoms with van der Waals surface area (Å²) in [7, 11) is -2.38. The minimum Gasteiger partial charge on any atom is -0.333 e. The number of nitrogens with zero attached hydrogens (tertiary/aromatic N) is 3. The summed E-state index contributed by atoms with van der Waals surface area (Å²) in [6.45, 7) is 1.86. The number of hydrogen-bond acceptors (Lipinski definition) is 7. The smallest absolute Gasteiger partial charge is 0.269 e. The van der Waals surface area contributed by atoms with Crippen LogP contribution in [0, 0.1) is 6.92 Å². The first-order valence-electron chi connectivity index (χ1n) is 9.12. The normalized spacial score (nSPS) is 11.6. The Morgan fingerprint density at radius 3 is 2.55 bits per heavy atom. The number of aromatic nitrogens is 2. The topological polar surface area (TPSA) is 76.3 Å². The minimum absolute atomic E-state index is 0.102. The second kappa shape index (κ2) is 8.66. The lowest BCUT2D eigenvalue weighted by atomic mass is 10.2. The number of sulfonamides is 1. The van der Waals surface area contributed by atoms with Gasteiger partial charge in [0.2, 0.25) is 5.82 Å². The maximum absolute atomic E-state index is 13.3. The van der Waals surface area contributed by atoms with Gasteiger partial charge in [-0.15, -0.1) is 23.1 Å². The number of rotatable bonds is 6. The molecule has 0 bridgehead atoms. The SMILES string of the molecule is CSc1ccc(-c2noc(-c3sccc3S(=O)(=O)N(C)c3ccc(C)c(Cl)c3)n2)cc1. The fourth-order valence-corrected chi connectivity index (χ4v) is 5.98. The molecule has 0 amide bonds. The molecule has 160 valence electrons. The van der Waals surface area contributed by atoms with Gasteiger partial charge >= 0.3 is 0 Å². The summed E-state index contributed by atoms with van der Waals surface area (Å²) >= 11 is 9.06. The Labute approximate surface area is 193 Å². The van der Waals surface area contributed by atoms with Crippen molar-refractivity contribution in [2.75, 3.05) is 17.6 Å². The van der Waals surface area contributed by atoms with Crippen molar-refractivity contribution in [2.45, 2.75) is 16.7 Å². The molecule has 4 aromatic rings. The number of hydrogen-bond donors (Lipinski definition) is 0. The highest BCUT2D eigenvalue weighted by Crippen LogP contribution is 2.36. The van der Waals surface area contributed by atoms with Crippen LogP contribution in [-0.4, -0.2) is 31.9 Å². The van der Waals surface area contributed by atoms with Crippen LogP contribution in [0.1, 0.15) is 5.56 Å². The second-order valence-electron chi connectivity index (χ2n) is 6.67. The molecule has 0 radical (unpaired) electrons. The average molecular weight is 492 g/mol. The van der Waals surface area contributed by atoms with Crippen molar-refractivity contribution in [3.8, 4) is 22.2 Å². The van der Waals surface area contributed by atoms with E-state index in [1.54, 1.807) is 41.4 Å². The van der Waals surface area contributed by atoms with Gasteiger partial charge in [-0.05, 0) is 66.6 Å². The molecule has 0 fully saturated rings. The van der Waals surface area contributed by atoms with Crippen molar-refractivity contribution in [2.24, 2.45) is 0 Å². The van der Waals surface area contributed by atoms with Crippen LogP contribution in [0.25, 0.3) is 22.2 Å². The summed E-state index contributed by atoms with van der Waals surface area (Å²) < 4.78 is 33.3. The predicted octanol–water partition coefficient (Wildman–Crippen LogP) is 5.97. The number of thioether (sulfide) groups is 1. The summed E-state index contributed by atoms with van der Waals surface area (Å²) in [5.74, 6) is 0.561. The third kappa shape index (κ3) is 4.23. The van der Waals surface area contributed by atoms with Gasteiger partial charge in [-0.2, -0.15) is 4.98 Å². The molecule has 0 N–H and O–H groups in total. The zero-order chi connectivity index (χ0) is 22.2. The molecular weight excluding hydrogens is 474 g/mol. The van der Waals surface area contributed by atoms with Crippen LogP contribution in [0.2, 0.25) is 5.02 Å². The van der Waals surface area contributed by atoms with E-state index in [2.05, 4.69) is 10.1 Å². The van der Waals surface area contributed by atoms with E-state index in [-0.39, 0.29) is 10.8 Å². The molecule has 0 aliphatic rings. The van der Waals surface area contributed by atoms with Gasteiger partial charge in [-0.1, -0.05) is 22.8 Å². The lowest BCUT2D eigenvalue weighted by Gasteiger charge is -2.20. The zero-order valence-corrected chi connectivity index (χ0v) is 20.1. The fraction of sp³-hybridized carbons (Fsp3) is 0.143. The van der Waals surface area contributed by atoms with Crippen LogP contribution in [0.5, 0.6) is 0 Å². The molecular formula is C21H18ClN3O3S3. The van der Waals surface area contributed by atoms with Crippen LogP contribution in [0.4, 0.5) is 5.69 Å². The third-order valence-electron chi connectivity index (χ3n) is 4.76. The largest absolute Gasteiger partial charge is 0.333 e. The number of aryl methyl sites for hydroxylation is 1. The number of thiophene rings is 1. The molecule has 2 aromatic heterocycles. The van der Waals surface area contributed by atoms with Gasteiger partial charge in [-0.25, -0.2) is 8.42 Å². The fourth-order valence-electron chi connectivity index (χ4n) is 2.89. The number of benzene rings is 2. The van der Waals surface area contributed by atoms with Gasteiger partial charge < -0.3 is 4.52 Å². The van der Waals surface area contributed by atoms with E-state index in [0.29, 0.717) is 21.4 Å². The van der Waals surface area contributed by atoms with Crippen molar-refractivity contribution in [3.05, 3.63) is 64.5 Å². The highest BCUT2D eigenvalue weighted by molar-refractivity contribution is 7.98. The van der Waals surface area contributed by atoms with Crippen molar-refractivity contribution in [3.63, 3.8) is 0 Å². The minimum atomic E-state index is -3.87. The van der Waals surface area contributed by atoms with E-state index in [1.807, 2.05) is 37.4 Å².